The fourth-order valence-electron chi connectivity index (χ4n) is 3.32. The minimum absolute atomic E-state index is 0.304. The average molecular weight is 425 g/mol. The highest BCUT2D eigenvalue weighted by molar-refractivity contribution is 5.89. The predicted molar refractivity (Wildman–Crippen MR) is 125 cm³/mol. The first-order valence-corrected chi connectivity index (χ1v) is 10.4. The zero-order valence-corrected chi connectivity index (χ0v) is 17.6. The summed E-state index contributed by atoms with van der Waals surface area (Å²) in [6.45, 7) is 0.876. The first kappa shape index (κ1) is 21.1. The molecule has 0 unspecified atom stereocenters. The number of benzene rings is 3. The van der Waals surface area contributed by atoms with E-state index in [9.17, 15) is 4.79 Å². The number of nitrogens with one attached hydrogen (secondary N) is 2. The van der Waals surface area contributed by atoms with Crippen LogP contribution in [0.5, 0.6) is 5.75 Å². The fraction of sp³-hybridized carbons (Fsp3) is 0.115. The molecule has 0 saturated carbocycles. The molecule has 6 heteroatoms. The van der Waals surface area contributed by atoms with E-state index in [1.165, 1.54) is 16.7 Å². The zero-order chi connectivity index (χ0) is 22.0. The van der Waals surface area contributed by atoms with Crippen LogP contribution in [0.4, 0.5) is 10.5 Å². The molecule has 0 aliphatic carbocycles. The van der Waals surface area contributed by atoms with Crippen LogP contribution in [-0.2, 0) is 13.0 Å². The van der Waals surface area contributed by atoms with Crippen LogP contribution >= 0.6 is 0 Å². The van der Waals surface area contributed by atoms with E-state index in [1.54, 1.807) is 18.6 Å². The molecule has 0 atom stereocenters. The third kappa shape index (κ3) is 5.92. The monoisotopic (exact) mass is 424 g/mol. The van der Waals surface area contributed by atoms with Gasteiger partial charge >= 0.3 is 6.03 Å². The highest BCUT2D eigenvalue weighted by Crippen LogP contribution is 2.24. The van der Waals surface area contributed by atoms with E-state index in [-0.39, 0.29) is 6.03 Å². The third-order valence-corrected chi connectivity index (χ3v) is 4.90. The quantitative estimate of drug-likeness (QED) is 0.413. The second-order valence-corrected chi connectivity index (χ2v) is 7.15. The highest BCUT2D eigenvalue weighted by Gasteiger charge is 2.06. The van der Waals surface area contributed by atoms with Crippen LogP contribution in [0.2, 0.25) is 0 Å². The van der Waals surface area contributed by atoms with E-state index in [0.717, 1.165) is 12.2 Å². The highest BCUT2D eigenvalue weighted by atomic mass is 16.5. The van der Waals surface area contributed by atoms with Gasteiger partial charge in [0.2, 0.25) is 0 Å². The molecule has 0 saturated heterocycles. The molecule has 0 spiro atoms. The number of amides is 2. The molecule has 6 nitrogen and oxygen atoms in total. The summed E-state index contributed by atoms with van der Waals surface area (Å²) in [5.74, 6) is 0.757. The maximum absolute atomic E-state index is 12.0. The van der Waals surface area contributed by atoms with E-state index >= 15 is 0 Å². The SMILES string of the molecule is O=C(NCc1cnccn1)Nc1ccc(OCCc2ccccc2-c2ccccc2)cc1. The van der Waals surface area contributed by atoms with Crippen LogP contribution in [-0.4, -0.2) is 22.6 Å². The van der Waals surface area contributed by atoms with Crippen molar-refractivity contribution in [2.45, 2.75) is 13.0 Å². The number of carbonyl (C=O) groups is 1. The van der Waals surface area contributed by atoms with Crippen molar-refractivity contribution < 1.29 is 9.53 Å². The zero-order valence-electron chi connectivity index (χ0n) is 17.6. The maximum Gasteiger partial charge on any atom is 0.319 e. The summed E-state index contributed by atoms with van der Waals surface area (Å²) in [5, 5.41) is 5.54. The lowest BCUT2D eigenvalue weighted by molar-refractivity contribution is 0.251. The average Bonchev–Trinajstić information content (AvgIpc) is 2.85. The van der Waals surface area contributed by atoms with E-state index in [0.29, 0.717) is 24.5 Å². The topological polar surface area (TPSA) is 76.1 Å². The van der Waals surface area contributed by atoms with Gasteiger partial charge in [0.05, 0.1) is 25.0 Å². The van der Waals surface area contributed by atoms with Crippen LogP contribution in [0.15, 0.2) is 97.5 Å². The smallest absolute Gasteiger partial charge is 0.319 e. The van der Waals surface area contributed by atoms with Gasteiger partial charge in [-0.15, -0.1) is 0 Å². The van der Waals surface area contributed by atoms with Gasteiger partial charge in [-0.1, -0.05) is 54.6 Å². The third-order valence-electron chi connectivity index (χ3n) is 4.90. The number of rotatable bonds is 8. The summed E-state index contributed by atoms with van der Waals surface area (Å²) in [7, 11) is 0. The summed E-state index contributed by atoms with van der Waals surface area (Å²) in [5.41, 5.74) is 5.06. The van der Waals surface area contributed by atoms with Gasteiger partial charge in [-0.25, -0.2) is 4.79 Å². The lowest BCUT2D eigenvalue weighted by Crippen LogP contribution is -2.28. The number of nitrogens with zero attached hydrogens (tertiary/aromatic N) is 2. The molecule has 32 heavy (non-hydrogen) atoms. The summed E-state index contributed by atoms with van der Waals surface area (Å²) >= 11 is 0. The summed E-state index contributed by atoms with van der Waals surface area (Å²) in [6.07, 6.45) is 5.60. The van der Waals surface area contributed by atoms with Gasteiger partial charge in [0, 0.05) is 24.5 Å². The Hall–Kier alpha value is -4.19. The van der Waals surface area contributed by atoms with Gasteiger partial charge < -0.3 is 15.4 Å². The van der Waals surface area contributed by atoms with Gasteiger partial charge in [0.15, 0.2) is 0 Å². The Morgan fingerprint density at radius 2 is 1.66 bits per heavy atom. The fourth-order valence-corrected chi connectivity index (χ4v) is 3.32. The van der Waals surface area contributed by atoms with Crippen molar-refractivity contribution in [2.24, 2.45) is 0 Å². The normalized spacial score (nSPS) is 10.4. The van der Waals surface area contributed by atoms with Crippen molar-refractivity contribution in [1.82, 2.24) is 15.3 Å². The number of carbonyl (C=O) groups excluding carboxylic acids is 1. The predicted octanol–water partition coefficient (Wildman–Crippen LogP) is 5.09. The van der Waals surface area contributed by atoms with Crippen LogP contribution in [0.1, 0.15) is 11.3 Å². The number of urea groups is 1. The van der Waals surface area contributed by atoms with E-state index < -0.39 is 0 Å². The largest absolute Gasteiger partial charge is 0.493 e. The van der Waals surface area contributed by atoms with Crippen molar-refractivity contribution in [3.63, 3.8) is 0 Å². The van der Waals surface area contributed by atoms with E-state index in [2.05, 4.69) is 57.0 Å². The van der Waals surface area contributed by atoms with Crippen LogP contribution in [0.3, 0.4) is 0 Å². The van der Waals surface area contributed by atoms with Crippen LogP contribution < -0.4 is 15.4 Å². The molecule has 0 aliphatic rings. The van der Waals surface area contributed by atoms with Crippen molar-refractivity contribution in [3.8, 4) is 16.9 Å². The summed E-state index contributed by atoms with van der Waals surface area (Å²) < 4.78 is 5.92. The molecular weight excluding hydrogens is 400 g/mol. The van der Waals surface area contributed by atoms with Crippen LogP contribution in [0, 0.1) is 0 Å². The Morgan fingerprint density at radius 1 is 0.875 bits per heavy atom. The summed E-state index contributed by atoms with van der Waals surface area (Å²) in [4.78, 5) is 20.1. The Bertz CT molecular complexity index is 1130. The van der Waals surface area contributed by atoms with Crippen LogP contribution in [0.25, 0.3) is 11.1 Å². The van der Waals surface area contributed by atoms with Crippen molar-refractivity contribution in [2.75, 3.05) is 11.9 Å². The lowest BCUT2D eigenvalue weighted by Gasteiger charge is -2.12. The number of aromatic nitrogens is 2. The molecular formula is C26H24N4O2. The molecule has 1 aromatic heterocycles. The minimum atomic E-state index is -0.304. The van der Waals surface area contributed by atoms with Gasteiger partial charge in [-0.05, 0) is 41.0 Å². The first-order valence-electron chi connectivity index (χ1n) is 10.4. The second kappa shape index (κ2) is 10.7. The Morgan fingerprint density at radius 3 is 2.44 bits per heavy atom. The van der Waals surface area contributed by atoms with Crippen molar-refractivity contribution in [1.29, 1.82) is 0 Å². The van der Waals surface area contributed by atoms with Gasteiger partial charge in [0.25, 0.3) is 0 Å². The molecule has 2 N–H and O–H groups in total. The standard InChI is InChI=1S/C26H24N4O2/c31-26(29-19-23-18-27-15-16-28-23)30-22-10-12-24(13-11-22)32-17-14-21-8-4-5-9-25(21)20-6-2-1-3-7-20/h1-13,15-16,18H,14,17,19H2,(H2,29,30,31). The van der Waals surface area contributed by atoms with E-state index in [1.807, 2.05) is 42.5 Å². The Kier molecular flexibility index (Phi) is 7.06. The molecule has 0 aliphatic heterocycles. The van der Waals surface area contributed by atoms with E-state index in [4.69, 9.17) is 4.74 Å². The van der Waals surface area contributed by atoms with Crippen molar-refractivity contribution in [3.05, 3.63) is 109 Å². The molecule has 0 radical (unpaired) electrons. The molecule has 160 valence electrons. The minimum Gasteiger partial charge on any atom is -0.493 e. The van der Waals surface area contributed by atoms with Crippen molar-refractivity contribution >= 4 is 11.7 Å². The molecule has 0 fully saturated rings. The first-order chi connectivity index (χ1) is 15.8. The Labute approximate surface area is 187 Å². The van der Waals surface area contributed by atoms with Gasteiger partial charge in [-0.2, -0.15) is 0 Å². The number of anilines is 1. The summed E-state index contributed by atoms with van der Waals surface area (Å²) in [6, 6.07) is 25.8. The molecule has 0 bridgehead atoms. The number of hydrogen-bond donors (Lipinski definition) is 2. The lowest BCUT2D eigenvalue weighted by atomic mass is 9.98. The second-order valence-electron chi connectivity index (χ2n) is 7.15. The number of ether oxygens (including phenoxy) is 1. The Balaban J connectivity index is 1.26. The molecule has 3 aromatic carbocycles. The van der Waals surface area contributed by atoms with Gasteiger partial charge in [0.1, 0.15) is 5.75 Å². The number of hydrogen-bond acceptors (Lipinski definition) is 4. The maximum atomic E-state index is 12.0. The van der Waals surface area contributed by atoms with Gasteiger partial charge in [-0.3, -0.25) is 9.97 Å². The molecule has 1 heterocycles. The molecule has 2 amide bonds. The molecule has 4 rings (SSSR count). The molecule has 4 aromatic rings.